The largest absolute Gasteiger partial charge is 0.493 e. The number of methoxy groups -OCH3 is 1. The van der Waals surface area contributed by atoms with Crippen LogP contribution in [0.3, 0.4) is 0 Å². The molecule has 0 radical (unpaired) electrons. The van der Waals surface area contributed by atoms with Gasteiger partial charge in [-0.05, 0) is 36.6 Å². The fraction of sp³-hybridized carbons (Fsp3) is 0.633. The number of rotatable bonds is 15. The Balaban J connectivity index is 1.60. The molecule has 3 unspecified atom stereocenters. The summed E-state index contributed by atoms with van der Waals surface area (Å²) in [6.07, 6.45) is 7.01. The van der Waals surface area contributed by atoms with Crippen molar-refractivity contribution in [3.8, 4) is 17.2 Å². The number of quaternary nitrogens is 1. The van der Waals surface area contributed by atoms with Crippen molar-refractivity contribution in [3.63, 3.8) is 0 Å². The Bertz CT molecular complexity index is 1160. The molecule has 226 valence electrons. The molecule has 0 aliphatic carbocycles. The lowest BCUT2D eigenvalue weighted by Gasteiger charge is -2.30. The Morgan fingerprint density at radius 1 is 1.20 bits per heavy atom. The summed E-state index contributed by atoms with van der Waals surface area (Å²) in [5, 5.41) is 14.8. The number of hydrogen-bond donors (Lipinski definition) is 1. The van der Waals surface area contributed by atoms with Crippen molar-refractivity contribution < 1.29 is 33.4 Å². The maximum absolute atomic E-state index is 13.8. The highest BCUT2D eigenvalue weighted by Gasteiger charge is 2.47. The Morgan fingerprint density at radius 3 is 2.63 bits per heavy atom. The summed E-state index contributed by atoms with van der Waals surface area (Å²) in [6.45, 7) is 5.79. The first-order valence-corrected chi connectivity index (χ1v) is 14.6. The van der Waals surface area contributed by atoms with Crippen molar-refractivity contribution in [3.05, 3.63) is 36.2 Å². The van der Waals surface area contributed by atoms with E-state index >= 15 is 0 Å². The van der Waals surface area contributed by atoms with Gasteiger partial charge in [-0.25, -0.2) is 0 Å². The molecule has 3 heterocycles. The predicted octanol–water partition coefficient (Wildman–Crippen LogP) is 2.90. The number of likely N-dealkylation sites (tertiary alicyclic amines) is 1. The van der Waals surface area contributed by atoms with Crippen LogP contribution in [0.1, 0.15) is 44.1 Å². The van der Waals surface area contributed by atoms with Crippen molar-refractivity contribution in [2.75, 3.05) is 67.8 Å². The number of fused-ring (bicyclic) bond motifs is 1. The molecule has 4 rings (SSSR count). The van der Waals surface area contributed by atoms with Crippen molar-refractivity contribution in [1.82, 2.24) is 19.6 Å². The number of carbonyl (C=O) groups is 2. The number of amides is 1. The first-order valence-electron chi connectivity index (χ1n) is 14.6. The second-order valence-corrected chi connectivity index (χ2v) is 12.1. The average Bonchev–Trinajstić information content (AvgIpc) is 3.68. The van der Waals surface area contributed by atoms with Gasteiger partial charge < -0.3 is 28.7 Å². The van der Waals surface area contributed by atoms with Gasteiger partial charge in [-0.3, -0.25) is 19.2 Å². The predicted molar refractivity (Wildman–Crippen MR) is 154 cm³/mol. The van der Waals surface area contributed by atoms with E-state index in [0.29, 0.717) is 49.8 Å². The molecule has 1 aromatic carbocycles. The SMILES string of the molecule is CCCCN(CCC[N+](C)(C)C)C(=O)CN1CC(c2cc(OC)c3c(c2)OCO3)C(C(=O)O)C1CCn1cccn1. The molecule has 0 saturated carbocycles. The monoisotopic (exact) mass is 572 g/mol. The van der Waals surface area contributed by atoms with Crippen molar-refractivity contribution in [2.24, 2.45) is 5.92 Å². The smallest absolute Gasteiger partial charge is 0.308 e. The first kappa shape index (κ1) is 30.6. The van der Waals surface area contributed by atoms with E-state index in [1.807, 2.05) is 34.0 Å². The molecule has 3 atom stereocenters. The third-order valence-corrected chi connectivity index (χ3v) is 8.09. The van der Waals surface area contributed by atoms with Crippen LogP contribution in [0.25, 0.3) is 0 Å². The zero-order chi connectivity index (χ0) is 29.6. The van der Waals surface area contributed by atoms with Gasteiger partial charge in [0.2, 0.25) is 18.4 Å². The first-order chi connectivity index (χ1) is 19.6. The van der Waals surface area contributed by atoms with Crippen LogP contribution < -0.4 is 14.2 Å². The highest BCUT2D eigenvalue weighted by Crippen LogP contribution is 2.47. The van der Waals surface area contributed by atoms with Crippen LogP contribution in [0.4, 0.5) is 0 Å². The summed E-state index contributed by atoms with van der Waals surface area (Å²) in [5.41, 5.74) is 0.809. The minimum absolute atomic E-state index is 0.0528. The lowest BCUT2D eigenvalue weighted by Crippen LogP contribution is -2.45. The molecule has 11 heteroatoms. The summed E-state index contributed by atoms with van der Waals surface area (Å²) in [5.74, 6) is -0.295. The molecule has 2 aliphatic rings. The van der Waals surface area contributed by atoms with Gasteiger partial charge in [-0.2, -0.15) is 5.10 Å². The zero-order valence-electron chi connectivity index (χ0n) is 25.1. The third-order valence-electron chi connectivity index (χ3n) is 8.09. The Hall–Kier alpha value is -3.31. The zero-order valence-corrected chi connectivity index (χ0v) is 25.1. The number of aromatic nitrogens is 2. The van der Waals surface area contributed by atoms with Crippen molar-refractivity contribution >= 4 is 11.9 Å². The van der Waals surface area contributed by atoms with Gasteiger partial charge in [-0.1, -0.05) is 13.3 Å². The number of hydrogen-bond acceptors (Lipinski definition) is 7. The maximum atomic E-state index is 13.8. The maximum Gasteiger partial charge on any atom is 0.308 e. The fourth-order valence-corrected chi connectivity index (χ4v) is 5.97. The van der Waals surface area contributed by atoms with Crippen LogP contribution in [0.15, 0.2) is 30.6 Å². The lowest BCUT2D eigenvalue weighted by atomic mass is 9.84. The number of ether oxygens (including phenoxy) is 3. The molecular weight excluding hydrogens is 526 g/mol. The van der Waals surface area contributed by atoms with E-state index in [0.717, 1.165) is 35.9 Å². The number of benzene rings is 1. The minimum Gasteiger partial charge on any atom is -0.493 e. The van der Waals surface area contributed by atoms with Crippen LogP contribution in [0.2, 0.25) is 0 Å². The van der Waals surface area contributed by atoms with E-state index in [1.54, 1.807) is 13.3 Å². The van der Waals surface area contributed by atoms with E-state index < -0.39 is 11.9 Å². The molecule has 2 aromatic rings. The van der Waals surface area contributed by atoms with Gasteiger partial charge in [0.1, 0.15) is 0 Å². The van der Waals surface area contributed by atoms with Gasteiger partial charge in [0.25, 0.3) is 0 Å². The fourth-order valence-electron chi connectivity index (χ4n) is 5.97. The van der Waals surface area contributed by atoms with Gasteiger partial charge >= 0.3 is 5.97 Å². The summed E-state index contributed by atoms with van der Waals surface area (Å²) < 4.78 is 19.4. The molecule has 1 amide bonds. The minimum atomic E-state index is -0.877. The highest BCUT2D eigenvalue weighted by molar-refractivity contribution is 5.79. The standard InChI is InChI=1S/C30H45N5O6/c1-6-7-12-32(13-9-16-35(2,3)4)27(36)20-33-19-23(22-17-25(39-5)29-26(18-22)40-21-41-29)28(30(37)38)24(33)10-15-34-14-8-11-31-34/h8,11,14,17-18,23-24,28H,6-7,9-10,12-13,15-16,19-21H2,1-5H3/p+1. The van der Waals surface area contributed by atoms with E-state index in [-0.39, 0.29) is 31.2 Å². The summed E-state index contributed by atoms with van der Waals surface area (Å²) >= 11 is 0. The number of carbonyl (C=O) groups excluding carboxylic acids is 1. The van der Waals surface area contributed by atoms with Crippen LogP contribution in [-0.2, 0) is 16.1 Å². The van der Waals surface area contributed by atoms with Crippen molar-refractivity contribution in [1.29, 1.82) is 0 Å². The Morgan fingerprint density at radius 2 is 1.98 bits per heavy atom. The normalized spacial score (nSPS) is 20.4. The van der Waals surface area contributed by atoms with E-state index in [4.69, 9.17) is 14.2 Å². The molecule has 0 bridgehead atoms. The topological polar surface area (TPSA) is 106 Å². The molecule has 2 aliphatic heterocycles. The molecule has 1 fully saturated rings. The van der Waals surface area contributed by atoms with Crippen LogP contribution in [0.5, 0.6) is 17.2 Å². The van der Waals surface area contributed by atoms with Crippen molar-refractivity contribution in [2.45, 2.75) is 51.1 Å². The molecule has 1 N–H and O–H groups in total. The van der Waals surface area contributed by atoms with Gasteiger partial charge in [-0.15, -0.1) is 0 Å². The van der Waals surface area contributed by atoms with Crippen LogP contribution >= 0.6 is 0 Å². The lowest BCUT2D eigenvalue weighted by molar-refractivity contribution is -0.870. The molecule has 1 saturated heterocycles. The third kappa shape index (κ3) is 7.71. The Labute approximate surface area is 243 Å². The highest BCUT2D eigenvalue weighted by atomic mass is 16.7. The number of carboxylic acid groups (broad SMARTS) is 1. The molecule has 1 aromatic heterocycles. The van der Waals surface area contributed by atoms with Gasteiger partial charge in [0, 0.05) is 57.0 Å². The van der Waals surface area contributed by atoms with E-state index in [1.165, 1.54) is 0 Å². The second-order valence-electron chi connectivity index (χ2n) is 12.1. The second kappa shape index (κ2) is 13.6. The molecule has 41 heavy (non-hydrogen) atoms. The van der Waals surface area contributed by atoms with Crippen LogP contribution in [0, 0.1) is 5.92 Å². The molecule has 11 nitrogen and oxygen atoms in total. The molecular formula is C30H46N5O6+. The van der Waals surface area contributed by atoms with Crippen LogP contribution in [-0.4, -0.2) is 115 Å². The average molecular weight is 573 g/mol. The van der Waals surface area contributed by atoms with E-state index in [9.17, 15) is 14.7 Å². The quantitative estimate of drug-likeness (QED) is 0.325. The number of unbranched alkanes of at least 4 members (excludes halogenated alkanes) is 1. The number of nitrogens with zero attached hydrogens (tertiary/aromatic N) is 5. The van der Waals surface area contributed by atoms with Gasteiger partial charge in [0.15, 0.2) is 11.5 Å². The summed E-state index contributed by atoms with van der Waals surface area (Å²) in [6, 6.07) is 5.22. The Kier molecular flexibility index (Phi) is 10.1. The van der Waals surface area contributed by atoms with Gasteiger partial charge in [0.05, 0.1) is 47.3 Å². The molecule has 0 spiro atoms. The number of aryl methyl sites for hydroxylation is 1. The summed E-state index contributed by atoms with van der Waals surface area (Å²) in [7, 11) is 8.03. The number of carboxylic acids is 1. The van der Waals surface area contributed by atoms with E-state index in [2.05, 4.69) is 38.1 Å². The summed E-state index contributed by atoms with van der Waals surface area (Å²) in [4.78, 5) is 30.7. The number of aliphatic carboxylic acids is 1.